The quantitative estimate of drug-likeness (QED) is 0.731. The van der Waals surface area contributed by atoms with Crippen LogP contribution in [0.25, 0.3) is 16.9 Å². The van der Waals surface area contributed by atoms with Gasteiger partial charge in [-0.1, -0.05) is 25.4 Å². The molecule has 0 amide bonds. The van der Waals surface area contributed by atoms with Crippen LogP contribution in [0, 0.1) is 5.92 Å². The van der Waals surface area contributed by atoms with Crippen molar-refractivity contribution in [1.82, 2.24) is 19.6 Å². The summed E-state index contributed by atoms with van der Waals surface area (Å²) < 4.78 is 8.94. The molecule has 0 unspecified atom stereocenters. The summed E-state index contributed by atoms with van der Waals surface area (Å²) >= 11 is 6.18. The van der Waals surface area contributed by atoms with Crippen molar-refractivity contribution in [1.29, 1.82) is 0 Å². The average molecular weight is 361 g/mol. The second kappa shape index (κ2) is 7.29. The molecule has 7 heteroatoms. The van der Waals surface area contributed by atoms with Crippen LogP contribution in [-0.2, 0) is 6.54 Å². The highest BCUT2D eigenvalue weighted by molar-refractivity contribution is 6.31. The molecule has 0 spiro atoms. The SMILES string of the molecule is COc1ccc(Cl)cc1-c1nn(C[C@@H](O)C(C)C)cc1-n1cccn1. The van der Waals surface area contributed by atoms with E-state index in [0.29, 0.717) is 23.0 Å². The largest absolute Gasteiger partial charge is 0.496 e. The predicted octanol–water partition coefficient (Wildman–Crippen LogP) is 3.41. The highest BCUT2D eigenvalue weighted by Gasteiger charge is 2.19. The molecule has 3 rings (SSSR count). The minimum atomic E-state index is -0.487. The first-order chi connectivity index (χ1) is 12.0. The van der Waals surface area contributed by atoms with E-state index in [4.69, 9.17) is 16.3 Å². The molecule has 0 bridgehead atoms. The molecule has 0 aliphatic heterocycles. The van der Waals surface area contributed by atoms with Crippen LogP contribution < -0.4 is 4.74 Å². The molecule has 1 aromatic carbocycles. The smallest absolute Gasteiger partial charge is 0.128 e. The van der Waals surface area contributed by atoms with Gasteiger partial charge in [-0.2, -0.15) is 10.2 Å². The summed E-state index contributed by atoms with van der Waals surface area (Å²) in [6, 6.07) is 7.25. The van der Waals surface area contributed by atoms with Gasteiger partial charge >= 0.3 is 0 Å². The third-order valence-electron chi connectivity index (χ3n) is 4.05. The molecule has 0 radical (unpaired) electrons. The van der Waals surface area contributed by atoms with Gasteiger partial charge < -0.3 is 9.84 Å². The zero-order chi connectivity index (χ0) is 18.0. The van der Waals surface area contributed by atoms with Crippen LogP contribution in [0.15, 0.2) is 42.9 Å². The number of aliphatic hydroxyl groups excluding tert-OH is 1. The normalized spacial score (nSPS) is 12.6. The molecule has 3 aromatic rings. The van der Waals surface area contributed by atoms with E-state index in [1.807, 2.05) is 44.4 Å². The Hall–Kier alpha value is -2.31. The van der Waals surface area contributed by atoms with Crippen LogP contribution in [0.1, 0.15) is 13.8 Å². The number of nitrogens with zero attached hydrogens (tertiary/aromatic N) is 4. The second-order valence-electron chi connectivity index (χ2n) is 6.19. The summed E-state index contributed by atoms with van der Waals surface area (Å²) in [5.41, 5.74) is 2.26. The lowest BCUT2D eigenvalue weighted by molar-refractivity contribution is 0.103. The van der Waals surface area contributed by atoms with Crippen molar-refractivity contribution >= 4 is 11.6 Å². The van der Waals surface area contributed by atoms with Gasteiger partial charge in [0.05, 0.1) is 26.0 Å². The lowest BCUT2D eigenvalue weighted by atomic mass is 10.1. The number of hydrogen-bond donors (Lipinski definition) is 1. The molecule has 0 aliphatic rings. The molecule has 25 heavy (non-hydrogen) atoms. The summed E-state index contributed by atoms with van der Waals surface area (Å²) in [5, 5.41) is 19.8. The van der Waals surface area contributed by atoms with Crippen LogP contribution >= 0.6 is 11.6 Å². The third-order valence-corrected chi connectivity index (χ3v) is 4.29. The van der Waals surface area contributed by atoms with Crippen LogP contribution in [0.2, 0.25) is 5.02 Å². The fourth-order valence-electron chi connectivity index (χ4n) is 2.54. The van der Waals surface area contributed by atoms with E-state index >= 15 is 0 Å². The Morgan fingerprint density at radius 3 is 2.76 bits per heavy atom. The van der Waals surface area contributed by atoms with Gasteiger partial charge in [-0.15, -0.1) is 0 Å². The molecule has 1 atom stereocenters. The monoisotopic (exact) mass is 360 g/mol. The minimum absolute atomic E-state index is 0.140. The maximum atomic E-state index is 10.2. The first-order valence-corrected chi connectivity index (χ1v) is 8.47. The van der Waals surface area contributed by atoms with Gasteiger partial charge in [0.15, 0.2) is 0 Å². The second-order valence-corrected chi connectivity index (χ2v) is 6.63. The van der Waals surface area contributed by atoms with Gasteiger partial charge in [0.1, 0.15) is 17.1 Å². The Bertz CT molecular complexity index is 843. The van der Waals surface area contributed by atoms with Gasteiger partial charge in [-0.3, -0.25) is 4.68 Å². The lowest BCUT2D eigenvalue weighted by Crippen LogP contribution is -2.22. The van der Waals surface area contributed by atoms with Gasteiger partial charge in [-0.25, -0.2) is 4.68 Å². The van der Waals surface area contributed by atoms with E-state index in [2.05, 4.69) is 10.2 Å². The number of ether oxygens (including phenoxy) is 1. The van der Waals surface area contributed by atoms with E-state index in [9.17, 15) is 5.11 Å². The maximum absolute atomic E-state index is 10.2. The topological polar surface area (TPSA) is 65.1 Å². The van der Waals surface area contributed by atoms with Crippen LogP contribution in [0.3, 0.4) is 0 Å². The zero-order valence-corrected chi connectivity index (χ0v) is 15.2. The molecule has 132 valence electrons. The Morgan fingerprint density at radius 1 is 1.32 bits per heavy atom. The van der Waals surface area contributed by atoms with Crippen molar-refractivity contribution in [3.8, 4) is 22.7 Å². The lowest BCUT2D eigenvalue weighted by Gasteiger charge is -2.13. The van der Waals surface area contributed by atoms with Gasteiger partial charge in [0.25, 0.3) is 0 Å². The van der Waals surface area contributed by atoms with Crippen molar-refractivity contribution in [3.63, 3.8) is 0 Å². The van der Waals surface area contributed by atoms with Crippen molar-refractivity contribution in [2.45, 2.75) is 26.5 Å². The molecule has 1 N–H and O–H groups in total. The Morgan fingerprint density at radius 2 is 2.12 bits per heavy atom. The fourth-order valence-corrected chi connectivity index (χ4v) is 2.72. The summed E-state index contributed by atoms with van der Waals surface area (Å²) in [4.78, 5) is 0. The molecular weight excluding hydrogens is 340 g/mol. The molecule has 2 aromatic heterocycles. The first-order valence-electron chi connectivity index (χ1n) is 8.09. The van der Waals surface area contributed by atoms with E-state index < -0.39 is 6.10 Å². The average Bonchev–Trinajstić information content (AvgIpc) is 3.23. The Kier molecular flexibility index (Phi) is 5.11. The van der Waals surface area contributed by atoms with E-state index in [1.165, 1.54) is 0 Å². The van der Waals surface area contributed by atoms with Gasteiger partial charge in [0.2, 0.25) is 0 Å². The van der Waals surface area contributed by atoms with Crippen molar-refractivity contribution in [3.05, 3.63) is 47.9 Å². The fraction of sp³-hybridized carbons (Fsp3) is 0.333. The number of hydrogen-bond acceptors (Lipinski definition) is 4. The number of aliphatic hydroxyl groups is 1. The standard InChI is InChI=1S/C18H21ClN4O2/c1-12(2)16(24)11-22-10-15(23-8-4-7-20-23)18(21-22)14-9-13(19)5-6-17(14)25-3/h4-10,12,16,24H,11H2,1-3H3/t16-/m1/s1. The number of aromatic nitrogens is 4. The molecule has 6 nitrogen and oxygen atoms in total. The molecule has 0 aliphatic carbocycles. The summed E-state index contributed by atoms with van der Waals surface area (Å²) in [7, 11) is 1.61. The van der Waals surface area contributed by atoms with Crippen LogP contribution in [0.5, 0.6) is 5.75 Å². The number of halogens is 1. The molecular formula is C18H21ClN4O2. The van der Waals surface area contributed by atoms with Crippen LogP contribution in [0.4, 0.5) is 0 Å². The van der Waals surface area contributed by atoms with Crippen molar-refractivity contribution in [2.75, 3.05) is 7.11 Å². The summed E-state index contributed by atoms with van der Waals surface area (Å²) in [6.45, 7) is 4.35. The summed E-state index contributed by atoms with van der Waals surface area (Å²) in [5.74, 6) is 0.814. The summed E-state index contributed by atoms with van der Waals surface area (Å²) in [6.07, 6.45) is 4.94. The molecule has 0 saturated heterocycles. The highest BCUT2D eigenvalue weighted by atomic mass is 35.5. The van der Waals surface area contributed by atoms with Crippen molar-refractivity contribution in [2.24, 2.45) is 5.92 Å². The predicted molar refractivity (Wildman–Crippen MR) is 97.2 cm³/mol. The molecule has 0 fully saturated rings. The maximum Gasteiger partial charge on any atom is 0.128 e. The number of benzene rings is 1. The molecule has 2 heterocycles. The van der Waals surface area contributed by atoms with Gasteiger partial charge in [-0.05, 0) is 30.2 Å². The molecule has 0 saturated carbocycles. The number of methoxy groups -OCH3 is 1. The Labute approximate surface area is 151 Å². The minimum Gasteiger partial charge on any atom is -0.496 e. The van der Waals surface area contributed by atoms with E-state index in [-0.39, 0.29) is 5.92 Å². The number of rotatable bonds is 6. The van der Waals surface area contributed by atoms with E-state index in [1.54, 1.807) is 28.7 Å². The Balaban J connectivity index is 2.11. The zero-order valence-electron chi connectivity index (χ0n) is 14.4. The first kappa shape index (κ1) is 17.5. The van der Waals surface area contributed by atoms with Crippen molar-refractivity contribution < 1.29 is 9.84 Å². The third kappa shape index (κ3) is 3.70. The highest BCUT2D eigenvalue weighted by Crippen LogP contribution is 2.35. The van der Waals surface area contributed by atoms with Gasteiger partial charge in [0, 0.05) is 23.0 Å². The van der Waals surface area contributed by atoms with Crippen LogP contribution in [-0.4, -0.2) is 37.9 Å². The van der Waals surface area contributed by atoms with E-state index in [0.717, 1.165) is 11.3 Å².